The zero-order chi connectivity index (χ0) is 107. The summed E-state index contributed by atoms with van der Waals surface area (Å²) in [5.74, 6) is -1.87. The Balaban J connectivity index is 0.000000400. The third-order valence-electron chi connectivity index (χ3n) is 22.7. The van der Waals surface area contributed by atoms with Gasteiger partial charge in [-0.3, -0.25) is 109 Å². The summed E-state index contributed by atoms with van der Waals surface area (Å²) in [6.07, 6.45) is 4.34. The lowest BCUT2D eigenvalue weighted by molar-refractivity contribution is -0.236. The van der Waals surface area contributed by atoms with Crippen molar-refractivity contribution in [1.82, 2.24) is 68.1 Å². The largest absolute Gasteiger partial charge is 0.756 e. The Morgan fingerprint density at radius 3 is 1.19 bits per heavy atom. The summed E-state index contributed by atoms with van der Waals surface area (Å²) in [6.45, 7) is 2.08. The van der Waals surface area contributed by atoms with E-state index in [1.807, 2.05) is 10.9 Å². The smallest absolute Gasteiger partial charge is 0.490 e. The molecule has 0 bridgehead atoms. The summed E-state index contributed by atoms with van der Waals surface area (Å²) in [5.41, 5.74) is -6.11. The van der Waals surface area contributed by atoms with Crippen molar-refractivity contribution in [2.45, 2.75) is 211 Å². The zero-order valence-corrected chi connectivity index (χ0v) is 85.1. The van der Waals surface area contributed by atoms with Crippen molar-refractivity contribution in [3.05, 3.63) is 175 Å². The molecule has 6 aromatic rings. The number of ether oxygens (including phenoxy) is 1. The van der Waals surface area contributed by atoms with E-state index in [4.69, 9.17) is 42.8 Å². The minimum Gasteiger partial charge on any atom is -0.756 e. The van der Waals surface area contributed by atoms with Crippen molar-refractivity contribution in [2.24, 2.45) is 23.7 Å². The van der Waals surface area contributed by atoms with Crippen LogP contribution in [0, 0.1) is 70.6 Å². The van der Waals surface area contributed by atoms with E-state index in [1.54, 1.807) is 0 Å². The molecule has 0 spiro atoms. The van der Waals surface area contributed by atoms with E-state index in [-0.39, 0.29) is 125 Å². The number of aliphatic hydroxyl groups excluding tert-OH is 3. The summed E-state index contributed by atoms with van der Waals surface area (Å²) in [5, 5.41) is 41.9. The molecule has 1 aliphatic heterocycles. The average molecular weight is 2250 g/mol. The summed E-state index contributed by atoms with van der Waals surface area (Å²) >= 11 is 0. The number of carbonyl (C=O) groups is 1. The molecule has 25 atom stereocenters. The maximum atomic E-state index is 13.3. The number of rotatable bonds is 51. The number of phosphoric acid groups is 10. The van der Waals surface area contributed by atoms with Crippen LogP contribution in [0.15, 0.2) is 85.1 Å². The quantitative estimate of drug-likeness (QED) is 0.0121. The number of phosphoric ester groups is 6. The number of hydrogen-bond donors (Lipinski definition) is 15. The van der Waals surface area contributed by atoms with Crippen LogP contribution in [0.1, 0.15) is 160 Å². The molecule has 4 aliphatic carbocycles. The molecule has 1 amide bonds. The second-order valence-corrected chi connectivity index (χ2v) is 48.7. The van der Waals surface area contributed by atoms with Gasteiger partial charge in [0.15, 0.2) is 0 Å². The maximum Gasteiger partial charge on any atom is 0.490 e. The number of unbranched alkanes of at least 4 members (excludes halogenated alkanes) is 3. The Labute approximate surface area is 809 Å². The van der Waals surface area contributed by atoms with Gasteiger partial charge in [0.25, 0.3) is 59.1 Å². The number of nitrogens with zero attached hydrogens (tertiary/aromatic N) is 8. The highest BCUT2D eigenvalue weighted by atomic mass is 31.3. The molecular weight excluding hydrogens is 2150 g/mol. The second-order valence-electron chi connectivity index (χ2n) is 33.7. The van der Waals surface area contributed by atoms with Crippen molar-refractivity contribution in [3.63, 3.8) is 0 Å². The number of terminal acetylenes is 1. The molecule has 4 saturated carbocycles. The lowest BCUT2D eigenvalue weighted by Gasteiger charge is -2.31. The number of aryl methyl sites for hydroxylation is 6. The van der Waals surface area contributed by atoms with Gasteiger partial charge in [-0.05, 0) is 105 Å². The number of H-pyrrole nitrogens is 5. The number of aromatic amines is 5. The van der Waals surface area contributed by atoms with Crippen LogP contribution in [-0.2, 0) is 135 Å². The molecular formula is C70H102N14O50P10-4. The van der Waals surface area contributed by atoms with Crippen molar-refractivity contribution >= 4 is 84.1 Å². The lowest BCUT2D eigenvalue weighted by Crippen LogP contribution is -2.33. The first-order valence-corrected chi connectivity index (χ1v) is 57.9. The fourth-order valence-corrected chi connectivity index (χ4v) is 27.1. The molecule has 1 saturated heterocycles. The highest BCUT2D eigenvalue weighted by molar-refractivity contribution is 7.72. The standard InChI is InChI=1S/C45H72N10O37P8.C25H34N4O13P2/c1-26-18-53(43(62)47-40(26)59)32-13-29(34(56)15-32)22-83-94(67,68)87-36-16-33(54-19-27(2)41(60)48-44(54)63)14-30(36)23-82-93(65,66)84-24-31-21-52(51-50-31)11-8-9-38(58)46-10-6-4-5-7-12-81-95(69,70)88-97(73,74)90-99(77,78)92-100(79,80)91-98(75,76)89-96(71,72)85-25-37-35(57)17-39(86-37)55-20-28(3)42(61)49-45(55)64;1-4-5-39-43(35,36)40-13-17-7-19(29-11-15(3)23(32)27-25(29)34)9-21(17)42-44(37,38)41-12-16-6-18(8-20(16)30)28-10-14(2)22(31)26-24(28)33/h18-21,29-30,32-37,39,56-57H,4-17,22-25H2,1-3H3,(H,46,58)(H,65,66)(H,67,68)(H,69,70)(H,71,72)(H,73,74)(H,75,76)(H,77,78)(H,79,80)(H,47,59,62)(H,48,60,63)(H,49,61,64);1,10-11,16-21,30H,5-9,12-13H2,2-3H3,(H,35,36)(H,37,38)(H,26,31,33)(H,27,32,34)/p-4/t29-,30-,32-,33-,34?,35+,36?,37+,39+;16-,17-,18-,19-,20?,21?/m11/s1. The number of aromatic nitrogens is 13. The topological polar surface area (TPSA) is 927 Å². The van der Waals surface area contributed by atoms with Gasteiger partial charge in [0.05, 0.1) is 76.4 Å². The van der Waals surface area contributed by atoms with Crippen LogP contribution in [-0.4, -0.2) is 203 Å². The van der Waals surface area contributed by atoms with Gasteiger partial charge >= 0.3 is 75.4 Å². The number of nitrogens with one attached hydrogen (secondary N) is 6. The predicted molar refractivity (Wildman–Crippen MR) is 474 cm³/mol. The molecule has 6 aromatic heterocycles. The van der Waals surface area contributed by atoms with Crippen LogP contribution in [0.2, 0.25) is 0 Å². The molecule has 144 heavy (non-hydrogen) atoms. The Bertz CT molecular complexity index is 6820. The van der Waals surface area contributed by atoms with Gasteiger partial charge in [0, 0.05) is 133 Å². The van der Waals surface area contributed by atoms with E-state index < -0.39 is 284 Å². The first-order valence-electron chi connectivity index (χ1n) is 43.1. The highest BCUT2D eigenvalue weighted by Gasteiger charge is 2.52. The Morgan fingerprint density at radius 2 is 0.778 bits per heavy atom. The Morgan fingerprint density at radius 1 is 0.424 bits per heavy atom. The van der Waals surface area contributed by atoms with Gasteiger partial charge in [0.2, 0.25) is 5.91 Å². The van der Waals surface area contributed by atoms with Crippen LogP contribution in [0.5, 0.6) is 0 Å². The van der Waals surface area contributed by atoms with E-state index in [0.29, 0.717) is 18.4 Å². The molecule has 5 fully saturated rings. The van der Waals surface area contributed by atoms with Crippen LogP contribution >= 0.6 is 78.2 Å². The lowest BCUT2D eigenvalue weighted by atomic mass is 10.1. The third kappa shape index (κ3) is 35.4. The van der Waals surface area contributed by atoms with Crippen molar-refractivity contribution in [1.29, 1.82) is 0 Å². The van der Waals surface area contributed by atoms with Crippen molar-refractivity contribution < 1.29 is 186 Å². The van der Waals surface area contributed by atoms with E-state index >= 15 is 0 Å². The predicted octanol–water partition coefficient (Wildman–Crippen LogP) is -1.22. The molecule has 5 aliphatic rings. The molecule has 64 nitrogen and oxygen atoms in total. The van der Waals surface area contributed by atoms with Gasteiger partial charge in [-0.2, -0.15) is 21.6 Å². The van der Waals surface area contributed by atoms with Gasteiger partial charge in [-0.1, -0.05) is 24.0 Å². The van der Waals surface area contributed by atoms with E-state index in [2.05, 4.69) is 70.7 Å². The minimum absolute atomic E-state index is 0.00848. The fourth-order valence-electron chi connectivity index (χ4n) is 15.8. The second kappa shape index (κ2) is 49.7. The van der Waals surface area contributed by atoms with Crippen molar-refractivity contribution in [3.8, 4) is 12.3 Å². The third-order valence-corrected chi connectivity index (χ3v) is 35.8. The number of hydrogen-bond acceptors (Lipinski definition) is 46. The van der Waals surface area contributed by atoms with Gasteiger partial charge in [0.1, 0.15) is 31.2 Å². The van der Waals surface area contributed by atoms with E-state index in [1.165, 1.54) is 84.0 Å². The van der Waals surface area contributed by atoms with E-state index in [9.17, 15) is 163 Å². The minimum atomic E-state index is -6.57. The normalized spacial score (nSPS) is 26.5. The molecule has 0 aromatic carbocycles. The van der Waals surface area contributed by atoms with Crippen LogP contribution in [0.3, 0.4) is 0 Å². The summed E-state index contributed by atoms with van der Waals surface area (Å²) in [7, 11) is -57.8. The summed E-state index contributed by atoms with van der Waals surface area (Å²) in [4.78, 5) is 255. The molecule has 7 heterocycles. The molecule has 14 unspecified atom stereocenters. The molecule has 0 radical (unpaired) electrons. The Hall–Kier alpha value is -7.29. The highest BCUT2D eigenvalue weighted by Crippen LogP contribution is 2.75. The van der Waals surface area contributed by atoms with Crippen LogP contribution in [0.25, 0.3) is 0 Å². The zero-order valence-electron chi connectivity index (χ0n) is 76.2. The van der Waals surface area contributed by atoms with Gasteiger partial charge < -0.3 is 110 Å². The maximum absolute atomic E-state index is 13.3. The molecule has 806 valence electrons. The summed E-state index contributed by atoms with van der Waals surface area (Å²) in [6, 6.07) is -2.68. The number of carbonyl (C=O) groups excluding carboxylic acids is 1. The summed E-state index contributed by atoms with van der Waals surface area (Å²) < 4.78 is 206. The number of aliphatic hydroxyl groups is 3. The number of amides is 1. The van der Waals surface area contributed by atoms with Crippen LogP contribution < -0.4 is 81.1 Å². The average Bonchev–Trinajstić information content (AvgIpc) is 1.61. The molecule has 11 rings (SSSR count). The first-order chi connectivity index (χ1) is 66.9. The van der Waals surface area contributed by atoms with E-state index in [0.717, 1.165) is 15.3 Å². The van der Waals surface area contributed by atoms with Crippen LogP contribution in [0.4, 0.5) is 0 Å². The van der Waals surface area contributed by atoms with Gasteiger partial charge in [-0.25, -0.2) is 51.4 Å². The molecule has 15 N–H and O–H groups in total. The molecule has 74 heteroatoms. The SMILES string of the molecule is C#CCOP(=O)([O-])OC[C@H]1C[C@@H](n2cc(C)c(=O)[nH]c2=O)CC1OP(=O)([O-])OC[C@H]1C[C@@H](n2cc(C)c(=O)[nH]c2=O)CC1O.Cc1cn([C@H]2CC(O)[C@@H](COP(=O)([O-])OC3C[C@H](n4cc(C)c(=O)[nH]c4=O)C[C@@H]3COP(=O)([O-])OCc3cn(CCCC(=O)NCCCCCCOP(=O)(O)OP(=O)(O)OP(=O)(O)OP(=O)(O)OP(=O)(O)OP(=O)(O)OC[C@@H]4O[C@H](n5cc(C)c(=O)[nH]c5=O)C[C@@H]4O)nn3)C2)c(=O)[nH]c1=O. The van der Waals surface area contributed by atoms with Gasteiger partial charge in [-0.15, -0.1) is 11.5 Å². The van der Waals surface area contributed by atoms with Crippen molar-refractivity contribution in [2.75, 3.05) is 52.8 Å². The Kier molecular flexibility index (Phi) is 40.9. The first kappa shape index (κ1) is 119. The fraction of sp³-hybridized carbons (Fsp3) is 0.643. The monoisotopic (exact) mass is 2250 g/mol.